The molecule has 1 fully saturated rings. The quantitative estimate of drug-likeness (QED) is 0.458. The molecule has 7 heteroatoms. The molecule has 1 heterocycles. The van der Waals surface area contributed by atoms with Crippen LogP contribution in [-0.4, -0.2) is 44.2 Å². The van der Waals surface area contributed by atoms with Gasteiger partial charge in [0.05, 0.1) is 7.11 Å². The van der Waals surface area contributed by atoms with Gasteiger partial charge in [0, 0.05) is 39.1 Å². The Hall–Kier alpha value is -1.27. The van der Waals surface area contributed by atoms with Crippen LogP contribution in [0.5, 0.6) is 11.5 Å². The molecule has 0 aromatic heterocycles. The summed E-state index contributed by atoms with van der Waals surface area (Å²) in [5, 5.41) is 3.38. The number of carbonyl (C=O) groups excluding carboxylic acids is 1. The van der Waals surface area contributed by atoms with Gasteiger partial charge < -0.3 is 14.8 Å². The van der Waals surface area contributed by atoms with Gasteiger partial charge in [0.15, 0.2) is 11.5 Å². The van der Waals surface area contributed by atoms with E-state index in [9.17, 15) is 4.79 Å². The standard InChI is InChI=1S/C18H26N2O3.2ClH/c1-13(2)11-16(20-9-7-19-8-10-20)15-5-6-17(23-14(3)21)18(12-15)22-4;;/h5-6,12,16,19H,1,7-11H2,2-4H3;2*1H/t16-;;/m1../s1. The number of nitrogens with zero attached hydrogens (tertiary/aromatic N) is 1. The lowest BCUT2D eigenvalue weighted by Gasteiger charge is -2.35. The molecule has 1 aromatic carbocycles. The largest absolute Gasteiger partial charge is 0.493 e. The lowest BCUT2D eigenvalue weighted by molar-refractivity contribution is -0.132. The molecule has 1 aromatic rings. The van der Waals surface area contributed by atoms with Crippen molar-refractivity contribution >= 4 is 30.8 Å². The van der Waals surface area contributed by atoms with E-state index in [4.69, 9.17) is 9.47 Å². The first kappa shape index (κ1) is 23.7. The van der Waals surface area contributed by atoms with E-state index in [2.05, 4.69) is 23.7 Å². The van der Waals surface area contributed by atoms with Crippen molar-refractivity contribution in [3.63, 3.8) is 0 Å². The SMILES string of the molecule is C=C(C)C[C@H](c1ccc(OC(C)=O)c(OC)c1)N1CCNCC1.Cl.Cl. The number of hydrogen-bond donors (Lipinski definition) is 1. The number of ether oxygens (including phenoxy) is 2. The van der Waals surface area contributed by atoms with Crippen molar-refractivity contribution in [1.29, 1.82) is 0 Å². The van der Waals surface area contributed by atoms with E-state index >= 15 is 0 Å². The highest BCUT2D eigenvalue weighted by atomic mass is 35.5. The summed E-state index contributed by atoms with van der Waals surface area (Å²) < 4.78 is 10.6. The van der Waals surface area contributed by atoms with Gasteiger partial charge in [0.1, 0.15) is 0 Å². The van der Waals surface area contributed by atoms with E-state index in [1.807, 2.05) is 18.2 Å². The van der Waals surface area contributed by atoms with Crippen LogP contribution in [0.1, 0.15) is 31.9 Å². The molecule has 0 spiro atoms. The fourth-order valence-electron chi connectivity index (χ4n) is 2.91. The zero-order valence-electron chi connectivity index (χ0n) is 15.0. The number of nitrogens with one attached hydrogen (secondary N) is 1. The minimum absolute atomic E-state index is 0. The van der Waals surface area contributed by atoms with Crippen LogP contribution in [0, 0.1) is 0 Å². The van der Waals surface area contributed by atoms with Crippen LogP contribution in [0.15, 0.2) is 30.4 Å². The number of esters is 1. The zero-order chi connectivity index (χ0) is 16.8. The summed E-state index contributed by atoms with van der Waals surface area (Å²) >= 11 is 0. The van der Waals surface area contributed by atoms with E-state index in [-0.39, 0.29) is 36.8 Å². The Morgan fingerprint density at radius 2 is 1.88 bits per heavy atom. The van der Waals surface area contributed by atoms with Crippen molar-refractivity contribution in [3.8, 4) is 11.5 Å². The van der Waals surface area contributed by atoms with E-state index in [1.54, 1.807) is 7.11 Å². The van der Waals surface area contributed by atoms with Gasteiger partial charge in [-0.3, -0.25) is 9.69 Å². The normalized spacial score (nSPS) is 15.3. The highest BCUT2D eigenvalue weighted by Gasteiger charge is 2.23. The van der Waals surface area contributed by atoms with Crippen LogP contribution in [0.3, 0.4) is 0 Å². The van der Waals surface area contributed by atoms with Crippen molar-refractivity contribution in [2.75, 3.05) is 33.3 Å². The molecule has 1 N–H and O–H groups in total. The summed E-state index contributed by atoms with van der Waals surface area (Å²) in [6, 6.07) is 6.04. The van der Waals surface area contributed by atoms with Gasteiger partial charge in [-0.15, -0.1) is 31.4 Å². The molecular weight excluding hydrogens is 363 g/mol. The molecule has 0 aliphatic carbocycles. The third kappa shape index (κ3) is 6.86. The van der Waals surface area contributed by atoms with Gasteiger partial charge in [0.25, 0.3) is 0 Å². The summed E-state index contributed by atoms with van der Waals surface area (Å²) in [4.78, 5) is 13.7. The molecule has 1 saturated heterocycles. The Morgan fingerprint density at radius 3 is 2.40 bits per heavy atom. The average molecular weight is 391 g/mol. The third-order valence-corrected chi connectivity index (χ3v) is 3.96. The number of benzene rings is 1. The summed E-state index contributed by atoms with van der Waals surface area (Å²) in [6.07, 6.45) is 0.899. The number of piperazine rings is 1. The molecule has 1 aliphatic rings. The summed E-state index contributed by atoms with van der Waals surface area (Å²) in [5.74, 6) is 0.689. The first-order valence-electron chi connectivity index (χ1n) is 7.96. The Kier molecular flexibility index (Phi) is 10.8. The average Bonchev–Trinajstić information content (AvgIpc) is 2.53. The predicted molar refractivity (Wildman–Crippen MR) is 105 cm³/mol. The van der Waals surface area contributed by atoms with Crippen molar-refractivity contribution in [2.24, 2.45) is 0 Å². The Morgan fingerprint density at radius 1 is 1.24 bits per heavy atom. The molecule has 0 unspecified atom stereocenters. The third-order valence-electron chi connectivity index (χ3n) is 3.96. The van der Waals surface area contributed by atoms with Gasteiger partial charge in [-0.1, -0.05) is 11.6 Å². The van der Waals surface area contributed by atoms with Crippen LogP contribution in [-0.2, 0) is 4.79 Å². The van der Waals surface area contributed by atoms with Crippen molar-refractivity contribution in [2.45, 2.75) is 26.3 Å². The maximum absolute atomic E-state index is 11.2. The molecule has 5 nitrogen and oxygen atoms in total. The second-order valence-electron chi connectivity index (χ2n) is 5.97. The number of rotatable bonds is 6. The molecule has 0 radical (unpaired) electrons. The van der Waals surface area contributed by atoms with E-state index < -0.39 is 0 Å². The van der Waals surface area contributed by atoms with Crippen LogP contribution in [0.25, 0.3) is 0 Å². The molecule has 25 heavy (non-hydrogen) atoms. The molecule has 0 bridgehead atoms. The second kappa shape index (κ2) is 11.4. The lowest BCUT2D eigenvalue weighted by Crippen LogP contribution is -2.45. The van der Waals surface area contributed by atoms with Gasteiger partial charge in [-0.25, -0.2) is 0 Å². The summed E-state index contributed by atoms with van der Waals surface area (Å²) in [5.41, 5.74) is 2.30. The highest BCUT2D eigenvalue weighted by molar-refractivity contribution is 5.85. The van der Waals surface area contributed by atoms with Crippen molar-refractivity contribution in [3.05, 3.63) is 35.9 Å². The van der Waals surface area contributed by atoms with E-state index in [0.29, 0.717) is 11.5 Å². The first-order chi connectivity index (χ1) is 11.0. The smallest absolute Gasteiger partial charge is 0.308 e. The minimum Gasteiger partial charge on any atom is -0.493 e. The monoisotopic (exact) mass is 390 g/mol. The molecule has 0 saturated carbocycles. The summed E-state index contributed by atoms with van der Waals surface area (Å²) in [6.45, 7) is 11.5. The molecular formula is C18H28Cl2N2O3. The number of methoxy groups -OCH3 is 1. The van der Waals surface area contributed by atoms with Crippen LogP contribution in [0.4, 0.5) is 0 Å². The Balaban J connectivity index is 0.00000288. The van der Waals surface area contributed by atoms with E-state index in [1.165, 1.54) is 6.92 Å². The fourth-order valence-corrected chi connectivity index (χ4v) is 2.91. The van der Waals surface area contributed by atoms with Crippen molar-refractivity contribution in [1.82, 2.24) is 10.2 Å². The molecule has 1 aliphatic heterocycles. The molecule has 142 valence electrons. The van der Waals surface area contributed by atoms with Crippen LogP contribution < -0.4 is 14.8 Å². The highest BCUT2D eigenvalue weighted by Crippen LogP contribution is 2.34. The Bertz CT molecular complexity index is 575. The zero-order valence-corrected chi connectivity index (χ0v) is 16.7. The maximum Gasteiger partial charge on any atom is 0.308 e. The molecule has 2 rings (SSSR count). The van der Waals surface area contributed by atoms with Gasteiger partial charge in [-0.2, -0.15) is 0 Å². The fraction of sp³-hybridized carbons (Fsp3) is 0.500. The maximum atomic E-state index is 11.2. The predicted octanol–water partition coefficient (Wildman–Crippen LogP) is 3.38. The topological polar surface area (TPSA) is 50.8 Å². The second-order valence-corrected chi connectivity index (χ2v) is 5.97. The lowest BCUT2D eigenvalue weighted by atomic mass is 9.97. The molecule has 0 amide bonds. The van der Waals surface area contributed by atoms with Gasteiger partial charge in [0.2, 0.25) is 0 Å². The van der Waals surface area contributed by atoms with Gasteiger partial charge >= 0.3 is 5.97 Å². The van der Waals surface area contributed by atoms with Crippen LogP contribution >= 0.6 is 24.8 Å². The summed E-state index contributed by atoms with van der Waals surface area (Å²) in [7, 11) is 1.59. The Labute approximate surface area is 162 Å². The molecule has 1 atom stereocenters. The first-order valence-corrected chi connectivity index (χ1v) is 7.96. The van der Waals surface area contributed by atoms with Crippen molar-refractivity contribution < 1.29 is 14.3 Å². The van der Waals surface area contributed by atoms with Crippen LogP contribution in [0.2, 0.25) is 0 Å². The van der Waals surface area contributed by atoms with Gasteiger partial charge in [-0.05, 0) is 31.0 Å². The minimum atomic E-state index is -0.350. The number of halogens is 2. The number of carbonyl (C=O) groups is 1. The van der Waals surface area contributed by atoms with E-state index in [0.717, 1.165) is 43.7 Å². The number of hydrogen-bond acceptors (Lipinski definition) is 5.